The van der Waals surface area contributed by atoms with Crippen molar-refractivity contribution in [2.75, 3.05) is 26.2 Å². The predicted molar refractivity (Wildman–Crippen MR) is 85.6 cm³/mol. The van der Waals surface area contributed by atoms with E-state index in [2.05, 4.69) is 37.9 Å². The molecule has 1 aliphatic rings. The van der Waals surface area contributed by atoms with Crippen molar-refractivity contribution in [3.8, 4) is 0 Å². The highest BCUT2D eigenvalue weighted by molar-refractivity contribution is 4.79. The molecule has 1 N–H and O–H groups in total. The van der Waals surface area contributed by atoms with Gasteiger partial charge in [-0.3, -0.25) is 0 Å². The molecule has 1 fully saturated rings. The van der Waals surface area contributed by atoms with Gasteiger partial charge in [0.15, 0.2) is 0 Å². The van der Waals surface area contributed by atoms with Crippen LogP contribution in [-0.4, -0.2) is 37.1 Å². The van der Waals surface area contributed by atoms with Gasteiger partial charge >= 0.3 is 0 Å². The van der Waals surface area contributed by atoms with E-state index in [-0.39, 0.29) is 0 Å². The van der Waals surface area contributed by atoms with Crippen molar-refractivity contribution >= 4 is 0 Å². The van der Waals surface area contributed by atoms with Gasteiger partial charge in [-0.1, -0.05) is 53.4 Å². The summed E-state index contributed by atoms with van der Waals surface area (Å²) in [4.78, 5) is 2.67. The van der Waals surface area contributed by atoms with E-state index in [9.17, 15) is 0 Å². The fourth-order valence-corrected chi connectivity index (χ4v) is 3.07. The van der Waals surface area contributed by atoms with Crippen LogP contribution in [-0.2, 0) is 0 Å². The summed E-state index contributed by atoms with van der Waals surface area (Å²) in [6.45, 7) is 14.3. The zero-order valence-corrected chi connectivity index (χ0v) is 13.8. The van der Waals surface area contributed by atoms with E-state index >= 15 is 0 Å². The van der Waals surface area contributed by atoms with Crippen LogP contribution in [0, 0.1) is 11.8 Å². The van der Waals surface area contributed by atoms with Crippen molar-refractivity contribution in [1.82, 2.24) is 10.2 Å². The van der Waals surface area contributed by atoms with E-state index < -0.39 is 0 Å². The topological polar surface area (TPSA) is 15.3 Å². The molecule has 0 aromatic rings. The Kier molecular flexibility index (Phi) is 8.72. The normalized spacial score (nSPS) is 21.5. The van der Waals surface area contributed by atoms with Gasteiger partial charge in [-0.25, -0.2) is 0 Å². The summed E-state index contributed by atoms with van der Waals surface area (Å²) < 4.78 is 0. The average Bonchev–Trinajstić information content (AvgIpc) is 2.33. The average molecular weight is 268 g/mol. The minimum atomic E-state index is 0.731. The lowest BCUT2D eigenvalue weighted by Gasteiger charge is -2.34. The maximum absolute atomic E-state index is 3.66. The van der Waals surface area contributed by atoms with Gasteiger partial charge in [0.2, 0.25) is 0 Å². The Bertz CT molecular complexity index is 213. The second-order valence-corrected chi connectivity index (χ2v) is 7.18. The lowest BCUT2D eigenvalue weighted by atomic mass is 10.0. The van der Waals surface area contributed by atoms with Crippen LogP contribution in [0.3, 0.4) is 0 Å². The summed E-state index contributed by atoms with van der Waals surface area (Å²) in [5, 5.41) is 3.66. The summed E-state index contributed by atoms with van der Waals surface area (Å²) >= 11 is 0. The lowest BCUT2D eigenvalue weighted by Crippen LogP contribution is -2.51. The van der Waals surface area contributed by atoms with Crippen molar-refractivity contribution in [3.05, 3.63) is 0 Å². The number of hydrogen-bond donors (Lipinski definition) is 1. The quantitative estimate of drug-likeness (QED) is 0.638. The summed E-state index contributed by atoms with van der Waals surface area (Å²) in [5.74, 6) is 1.69. The number of nitrogens with one attached hydrogen (secondary N) is 1. The highest BCUT2D eigenvalue weighted by Crippen LogP contribution is 2.12. The van der Waals surface area contributed by atoms with Gasteiger partial charge in [0.25, 0.3) is 0 Å². The van der Waals surface area contributed by atoms with Crippen LogP contribution in [0.25, 0.3) is 0 Å². The summed E-state index contributed by atoms with van der Waals surface area (Å²) in [6, 6.07) is 0.731. The molecule has 1 aliphatic heterocycles. The van der Waals surface area contributed by atoms with E-state index in [1.165, 1.54) is 64.7 Å². The molecule has 1 unspecified atom stereocenters. The first-order valence-corrected chi connectivity index (χ1v) is 8.53. The number of rotatable bonds is 9. The van der Waals surface area contributed by atoms with Crippen molar-refractivity contribution in [1.29, 1.82) is 0 Å². The third kappa shape index (κ3) is 8.65. The van der Waals surface area contributed by atoms with Gasteiger partial charge in [-0.15, -0.1) is 0 Å². The molecule has 0 radical (unpaired) electrons. The Hall–Kier alpha value is -0.0800. The first kappa shape index (κ1) is 17.0. The van der Waals surface area contributed by atoms with Gasteiger partial charge in [-0.2, -0.15) is 0 Å². The third-order valence-electron chi connectivity index (χ3n) is 4.10. The largest absolute Gasteiger partial charge is 0.311 e. The monoisotopic (exact) mass is 268 g/mol. The summed E-state index contributed by atoms with van der Waals surface area (Å²) in [7, 11) is 0. The molecule has 0 saturated carbocycles. The van der Waals surface area contributed by atoms with Crippen LogP contribution in [0.1, 0.15) is 66.2 Å². The van der Waals surface area contributed by atoms with Crippen molar-refractivity contribution < 1.29 is 0 Å². The zero-order valence-electron chi connectivity index (χ0n) is 13.8. The fraction of sp³-hybridized carbons (Fsp3) is 1.00. The number of unbranched alkanes of at least 4 members (excludes halogenated alkanes) is 3. The van der Waals surface area contributed by atoms with Crippen molar-refractivity contribution in [3.63, 3.8) is 0 Å². The maximum atomic E-state index is 3.66. The molecule has 0 bridgehead atoms. The first-order valence-electron chi connectivity index (χ1n) is 8.53. The molecule has 2 nitrogen and oxygen atoms in total. The van der Waals surface area contributed by atoms with Crippen LogP contribution in [0.15, 0.2) is 0 Å². The molecular formula is C17H36N2. The minimum Gasteiger partial charge on any atom is -0.311 e. The Labute approximate surface area is 121 Å². The van der Waals surface area contributed by atoms with Crippen LogP contribution in [0.5, 0.6) is 0 Å². The van der Waals surface area contributed by atoms with E-state index in [4.69, 9.17) is 0 Å². The van der Waals surface area contributed by atoms with Crippen LogP contribution in [0.4, 0.5) is 0 Å². The molecule has 0 spiro atoms. The maximum Gasteiger partial charge on any atom is 0.0197 e. The smallest absolute Gasteiger partial charge is 0.0197 e. The Morgan fingerprint density at radius 1 is 1.00 bits per heavy atom. The Morgan fingerprint density at radius 2 is 1.74 bits per heavy atom. The van der Waals surface area contributed by atoms with Gasteiger partial charge < -0.3 is 10.2 Å². The molecule has 0 aromatic carbocycles. The van der Waals surface area contributed by atoms with E-state index in [0.717, 1.165) is 17.9 Å². The van der Waals surface area contributed by atoms with E-state index in [0.29, 0.717) is 0 Å². The van der Waals surface area contributed by atoms with Gasteiger partial charge in [0.05, 0.1) is 0 Å². The molecule has 1 heterocycles. The Balaban J connectivity index is 2.02. The van der Waals surface area contributed by atoms with Crippen molar-refractivity contribution in [2.45, 2.75) is 72.3 Å². The Morgan fingerprint density at radius 3 is 2.42 bits per heavy atom. The standard InChI is InChI=1S/C17H36N2/c1-15(2)9-7-5-6-8-11-19-12-10-18-17(14-19)13-16(3)4/h15-18H,5-14H2,1-4H3. The predicted octanol–water partition coefficient (Wildman–Crippen LogP) is 3.91. The molecule has 0 aromatic heterocycles. The molecule has 114 valence electrons. The highest BCUT2D eigenvalue weighted by atomic mass is 15.2. The van der Waals surface area contributed by atoms with Crippen LogP contribution < -0.4 is 5.32 Å². The number of hydrogen-bond acceptors (Lipinski definition) is 2. The molecule has 1 rings (SSSR count). The lowest BCUT2D eigenvalue weighted by molar-refractivity contribution is 0.183. The second-order valence-electron chi connectivity index (χ2n) is 7.18. The zero-order chi connectivity index (χ0) is 14.1. The fourth-order valence-electron chi connectivity index (χ4n) is 3.07. The SMILES string of the molecule is CC(C)CCCCCCN1CCNC(CC(C)C)C1. The number of piperazine rings is 1. The highest BCUT2D eigenvalue weighted by Gasteiger charge is 2.19. The molecule has 19 heavy (non-hydrogen) atoms. The van der Waals surface area contributed by atoms with Gasteiger partial charge in [0.1, 0.15) is 0 Å². The number of nitrogens with zero attached hydrogens (tertiary/aromatic N) is 1. The summed E-state index contributed by atoms with van der Waals surface area (Å²) in [5.41, 5.74) is 0. The molecule has 1 saturated heterocycles. The van der Waals surface area contributed by atoms with Gasteiger partial charge in [0, 0.05) is 25.7 Å². The molecular weight excluding hydrogens is 232 g/mol. The van der Waals surface area contributed by atoms with Crippen molar-refractivity contribution in [2.24, 2.45) is 11.8 Å². The molecule has 1 atom stereocenters. The van der Waals surface area contributed by atoms with Crippen LogP contribution in [0.2, 0.25) is 0 Å². The van der Waals surface area contributed by atoms with Gasteiger partial charge in [-0.05, 0) is 31.2 Å². The molecule has 2 heteroatoms. The third-order valence-corrected chi connectivity index (χ3v) is 4.10. The minimum absolute atomic E-state index is 0.731. The molecule has 0 aliphatic carbocycles. The van der Waals surface area contributed by atoms with Crippen LogP contribution >= 0.6 is 0 Å². The molecule has 0 amide bonds. The van der Waals surface area contributed by atoms with E-state index in [1.54, 1.807) is 0 Å². The summed E-state index contributed by atoms with van der Waals surface area (Å²) in [6.07, 6.45) is 8.40. The first-order chi connectivity index (χ1) is 9.08. The second kappa shape index (κ2) is 9.77. The van der Waals surface area contributed by atoms with E-state index in [1.807, 2.05) is 0 Å².